The van der Waals surface area contributed by atoms with Crippen molar-refractivity contribution in [1.29, 1.82) is 0 Å². The SMILES string of the molecule is Cc1cc(C)n2ccc(C(=O)NC3CCC(c4cocn4)CC3)c2n1. The lowest BCUT2D eigenvalue weighted by atomic mass is 9.84. The van der Waals surface area contributed by atoms with Crippen LogP contribution in [0.25, 0.3) is 5.65 Å². The third kappa shape index (κ3) is 3.04. The van der Waals surface area contributed by atoms with Gasteiger partial charge in [-0.1, -0.05) is 0 Å². The van der Waals surface area contributed by atoms with Crippen LogP contribution in [0.3, 0.4) is 0 Å². The Morgan fingerprint density at radius 3 is 2.80 bits per heavy atom. The highest BCUT2D eigenvalue weighted by Crippen LogP contribution is 2.32. The maximum atomic E-state index is 12.7. The van der Waals surface area contributed by atoms with Gasteiger partial charge in [-0.15, -0.1) is 0 Å². The second-order valence-electron chi connectivity index (χ2n) is 6.90. The topological polar surface area (TPSA) is 72.4 Å². The van der Waals surface area contributed by atoms with Gasteiger partial charge in [-0.2, -0.15) is 0 Å². The number of oxazole rings is 1. The van der Waals surface area contributed by atoms with E-state index in [0.717, 1.165) is 48.4 Å². The number of fused-ring (bicyclic) bond motifs is 1. The fourth-order valence-electron chi connectivity index (χ4n) is 3.79. The van der Waals surface area contributed by atoms with Crippen molar-refractivity contribution >= 4 is 11.6 Å². The van der Waals surface area contributed by atoms with Gasteiger partial charge in [0.2, 0.25) is 0 Å². The Morgan fingerprint density at radius 1 is 1.28 bits per heavy atom. The van der Waals surface area contributed by atoms with Gasteiger partial charge in [0.25, 0.3) is 5.91 Å². The maximum Gasteiger partial charge on any atom is 0.255 e. The van der Waals surface area contributed by atoms with Crippen LogP contribution in [0, 0.1) is 13.8 Å². The molecule has 3 aromatic rings. The third-order valence-electron chi connectivity index (χ3n) is 5.12. The molecule has 0 atom stereocenters. The van der Waals surface area contributed by atoms with Crippen molar-refractivity contribution in [2.75, 3.05) is 0 Å². The summed E-state index contributed by atoms with van der Waals surface area (Å²) in [5, 5.41) is 3.18. The molecule has 3 heterocycles. The van der Waals surface area contributed by atoms with Crippen molar-refractivity contribution in [1.82, 2.24) is 19.7 Å². The molecule has 6 heteroatoms. The van der Waals surface area contributed by atoms with Crippen LogP contribution in [0.15, 0.2) is 35.4 Å². The summed E-state index contributed by atoms with van der Waals surface area (Å²) in [4.78, 5) is 21.5. The first kappa shape index (κ1) is 15.9. The number of hydrogen-bond acceptors (Lipinski definition) is 4. The summed E-state index contributed by atoms with van der Waals surface area (Å²) < 4.78 is 7.04. The van der Waals surface area contributed by atoms with E-state index < -0.39 is 0 Å². The van der Waals surface area contributed by atoms with E-state index in [9.17, 15) is 4.79 Å². The number of aromatic nitrogens is 3. The van der Waals surface area contributed by atoms with Gasteiger partial charge in [-0.25, -0.2) is 9.97 Å². The molecule has 3 aromatic heterocycles. The van der Waals surface area contributed by atoms with Crippen LogP contribution >= 0.6 is 0 Å². The molecule has 0 aromatic carbocycles. The van der Waals surface area contributed by atoms with Crippen molar-refractivity contribution in [2.45, 2.75) is 51.5 Å². The fourth-order valence-corrected chi connectivity index (χ4v) is 3.79. The summed E-state index contributed by atoms with van der Waals surface area (Å²) in [6, 6.07) is 4.07. The molecule has 1 amide bonds. The van der Waals surface area contributed by atoms with Crippen LogP contribution in [0.5, 0.6) is 0 Å². The van der Waals surface area contributed by atoms with E-state index >= 15 is 0 Å². The number of carbonyl (C=O) groups is 1. The molecule has 1 aliphatic carbocycles. The summed E-state index contributed by atoms with van der Waals surface area (Å²) in [7, 11) is 0. The Hall–Kier alpha value is -2.63. The van der Waals surface area contributed by atoms with E-state index in [-0.39, 0.29) is 11.9 Å². The standard InChI is InChI=1S/C19H22N4O2/c1-12-9-13(2)23-8-7-16(18(23)21-12)19(24)22-15-5-3-14(4-6-15)17-10-25-11-20-17/h7-11,14-15H,3-6H2,1-2H3,(H,22,24). The molecule has 0 unspecified atom stereocenters. The zero-order valence-corrected chi connectivity index (χ0v) is 14.5. The zero-order valence-electron chi connectivity index (χ0n) is 14.5. The molecule has 4 rings (SSSR count). The molecule has 1 saturated carbocycles. The van der Waals surface area contributed by atoms with E-state index in [1.807, 2.05) is 36.6 Å². The van der Waals surface area contributed by atoms with Crippen LogP contribution in [-0.2, 0) is 0 Å². The Morgan fingerprint density at radius 2 is 2.08 bits per heavy atom. The molecular weight excluding hydrogens is 316 g/mol. The van der Waals surface area contributed by atoms with Crippen molar-refractivity contribution in [3.63, 3.8) is 0 Å². The van der Waals surface area contributed by atoms with Gasteiger partial charge in [0.15, 0.2) is 6.39 Å². The van der Waals surface area contributed by atoms with Gasteiger partial charge in [0, 0.05) is 29.5 Å². The lowest BCUT2D eigenvalue weighted by Crippen LogP contribution is -2.37. The fraction of sp³-hybridized carbons (Fsp3) is 0.421. The number of aryl methyl sites for hydroxylation is 2. The van der Waals surface area contributed by atoms with Crippen molar-refractivity contribution in [2.24, 2.45) is 0 Å². The normalized spacial score (nSPS) is 20.7. The second-order valence-corrected chi connectivity index (χ2v) is 6.90. The molecular formula is C19H22N4O2. The highest BCUT2D eigenvalue weighted by Gasteiger charge is 2.26. The first-order valence-corrected chi connectivity index (χ1v) is 8.76. The Balaban J connectivity index is 1.45. The van der Waals surface area contributed by atoms with Gasteiger partial charge in [-0.3, -0.25) is 4.79 Å². The van der Waals surface area contributed by atoms with Crippen LogP contribution < -0.4 is 5.32 Å². The molecule has 6 nitrogen and oxygen atoms in total. The molecule has 0 saturated heterocycles. The van der Waals surface area contributed by atoms with Crippen molar-refractivity contribution in [3.8, 4) is 0 Å². The Kier molecular flexibility index (Phi) is 4.03. The van der Waals surface area contributed by atoms with E-state index in [4.69, 9.17) is 4.42 Å². The molecule has 0 spiro atoms. The average molecular weight is 338 g/mol. The number of carbonyl (C=O) groups excluding carboxylic acids is 1. The van der Waals surface area contributed by atoms with Gasteiger partial charge >= 0.3 is 0 Å². The maximum absolute atomic E-state index is 12.7. The van der Waals surface area contributed by atoms with Crippen LogP contribution in [-0.4, -0.2) is 26.3 Å². The van der Waals surface area contributed by atoms with E-state index in [0.29, 0.717) is 11.5 Å². The highest BCUT2D eigenvalue weighted by molar-refractivity contribution is 6.00. The number of nitrogens with zero attached hydrogens (tertiary/aromatic N) is 3. The predicted octanol–water partition coefficient (Wildman–Crippen LogP) is 3.40. The van der Waals surface area contributed by atoms with Gasteiger partial charge in [0.1, 0.15) is 11.9 Å². The van der Waals surface area contributed by atoms with Gasteiger partial charge in [-0.05, 0) is 51.7 Å². The van der Waals surface area contributed by atoms with Crippen molar-refractivity contribution < 1.29 is 9.21 Å². The smallest absolute Gasteiger partial charge is 0.255 e. The summed E-state index contributed by atoms with van der Waals surface area (Å²) >= 11 is 0. The predicted molar refractivity (Wildman–Crippen MR) is 93.6 cm³/mol. The van der Waals surface area contributed by atoms with Gasteiger partial charge in [0.05, 0.1) is 11.3 Å². The number of hydrogen-bond donors (Lipinski definition) is 1. The summed E-state index contributed by atoms with van der Waals surface area (Å²) in [6.45, 7) is 3.97. The third-order valence-corrected chi connectivity index (χ3v) is 5.12. The molecule has 1 fully saturated rings. The summed E-state index contributed by atoms with van der Waals surface area (Å²) in [5.74, 6) is 0.402. The summed E-state index contributed by atoms with van der Waals surface area (Å²) in [6.07, 6.45) is 9.08. The largest absolute Gasteiger partial charge is 0.451 e. The minimum Gasteiger partial charge on any atom is -0.451 e. The summed E-state index contributed by atoms with van der Waals surface area (Å²) in [5.41, 5.74) is 4.40. The first-order valence-electron chi connectivity index (χ1n) is 8.76. The van der Waals surface area contributed by atoms with E-state index in [2.05, 4.69) is 15.3 Å². The lowest BCUT2D eigenvalue weighted by Gasteiger charge is -2.27. The van der Waals surface area contributed by atoms with Crippen LogP contribution in [0.1, 0.15) is 59.0 Å². The zero-order chi connectivity index (χ0) is 17.4. The monoisotopic (exact) mass is 338 g/mol. The first-order chi connectivity index (χ1) is 12.1. The Bertz CT molecular complexity index is 890. The van der Waals surface area contributed by atoms with Crippen molar-refractivity contribution in [3.05, 3.63) is 53.6 Å². The number of rotatable bonds is 3. The molecule has 1 aliphatic rings. The molecule has 0 bridgehead atoms. The van der Waals surface area contributed by atoms with Gasteiger partial charge < -0.3 is 14.1 Å². The minimum atomic E-state index is -0.0371. The van der Waals surface area contributed by atoms with Crippen LogP contribution in [0.2, 0.25) is 0 Å². The van der Waals surface area contributed by atoms with E-state index in [1.54, 1.807) is 6.26 Å². The van der Waals surface area contributed by atoms with Crippen LogP contribution in [0.4, 0.5) is 0 Å². The minimum absolute atomic E-state index is 0.0371. The average Bonchev–Trinajstić information content (AvgIpc) is 3.25. The number of amides is 1. The second kappa shape index (κ2) is 6.35. The molecule has 0 radical (unpaired) electrons. The highest BCUT2D eigenvalue weighted by atomic mass is 16.3. The quantitative estimate of drug-likeness (QED) is 0.794. The van der Waals surface area contributed by atoms with E-state index in [1.165, 1.54) is 6.39 Å². The molecule has 0 aliphatic heterocycles. The lowest BCUT2D eigenvalue weighted by molar-refractivity contribution is 0.0927. The number of nitrogens with one attached hydrogen (secondary N) is 1. The molecule has 130 valence electrons. The Labute approximate surface area is 146 Å². The molecule has 1 N–H and O–H groups in total. The molecule has 25 heavy (non-hydrogen) atoms.